The highest BCUT2D eigenvalue weighted by atomic mass is 32.2. The molecule has 1 fully saturated rings. The van der Waals surface area contributed by atoms with E-state index < -0.39 is 14.6 Å². The first kappa shape index (κ1) is 15.0. The third-order valence-electron chi connectivity index (χ3n) is 4.40. The molecule has 0 bridgehead atoms. The van der Waals surface area contributed by atoms with Crippen LogP contribution in [0.4, 0.5) is 0 Å². The van der Waals surface area contributed by atoms with E-state index in [1.54, 1.807) is 0 Å². The molecule has 0 amide bonds. The average molecular weight is 262 g/mol. The van der Waals surface area contributed by atoms with E-state index in [0.29, 0.717) is 5.92 Å². The standard InChI is InChI=1S/C13H26O3S/c1-12(2,3)13(4,5)17(14,15)9-7-11-6-8-16-10-11/h11H,6-10H2,1-5H3/t11-/m0/s1. The van der Waals surface area contributed by atoms with Gasteiger partial charge in [-0.1, -0.05) is 20.8 Å². The number of hydrogen-bond donors (Lipinski definition) is 0. The number of ether oxygens (including phenoxy) is 1. The molecule has 0 saturated carbocycles. The van der Waals surface area contributed by atoms with E-state index in [-0.39, 0.29) is 11.2 Å². The molecule has 0 aliphatic carbocycles. The van der Waals surface area contributed by atoms with E-state index in [2.05, 4.69) is 0 Å². The van der Waals surface area contributed by atoms with E-state index in [1.165, 1.54) is 0 Å². The van der Waals surface area contributed by atoms with E-state index in [1.807, 2.05) is 34.6 Å². The molecule has 17 heavy (non-hydrogen) atoms. The predicted octanol–water partition coefficient (Wildman–Crippen LogP) is 2.65. The number of sulfone groups is 1. The first-order valence-corrected chi connectivity index (χ1v) is 8.03. The molecule has 3 nitrogen and oxygen atoms in total. The van der Waals surface area contributed by atoms with Crippen LogP contribution in [-0.2, 0) is 14.6 Å². The topological polar surface area (TPSA) is 43.4 Å². The lowest BCUT2D eigenvalue weighted by atomic mass is 9.83. The van der Waals surface area contributed by atoms with Gasteiger partial charge in [0, 0.05) is 13.2 Å². The maximum Gasteiger partial charge on any atom is 0.155 e. The molecule has 1 saturated heterocycles. The van der Waals surface area contributed by atoms with Gasteiger partial charge in [0.25, 0.3) is 0 Å². The summed E-state index contributed by atoms with van der Waals surface area (Å²) in [4.78, 5) is 0. The Morgan fingerprint density at radius 3 is 2.18 bits per heavy atom. The van der Waals surface area contributed by atoms with Gasteiger partial charge in [0.1, 0.15) is 0 Å². The van der Waals surface area contributed by atoms with Crippen molar-refractivity contribution in [1.82, 2.24) is 0 Å². The first-order chi connectivity index (χ1) is 7.58. The van der Waals surface area contributed by atoms with E-state index in [0.717, 1.165) is 26.1 Å². The molecule has 1 heterocycles. The Bertz CT molecular complexity index is 343. The van der Waals surface area contributed by atoms with Crippen LogP contribution in [0.5, 0.6) is 0 Å². The van der Waals surface area contributed by atoms with Crippen LogP contribution >= 0.6 is 0 Å². The molecule has 0 N–H and O–H groups in total. The van der Waals surface area contributed by atoms with Crippen molar-refractivity contribution in [3.05, 3.63) is 0 Å². The first-order valence-electron chi connectivity index (χ1n) is 6.38. The van der Waals surface area contributed by atoms with Crippen LogP contribution < -0.4 is 0 Å². The van der Waals surface area contributed by atoms with Crippen molar-refractivity contribution in [3.8, 4) is 0 Å². The third-order valence-corrected chi connectivity index (χ3v) is 7.34. The number of hydrogen-bond acceptors (Lipinski definition) is 3. The maximum atomic E-state index is 12.4. The van der Waals surface area contributed by atoms with Gasteiger partial charge in [-0.05, 0) is 38.0 Å². The molecule has 0 unspecified atom stereocenters. The van der Waals surface area contributed by atoms with Crippen molar-refractivity contribution in [2.45, 2.75) is 52.2 Å². The zero-order chi connectivity index (χ0) is 13.3. The van der Waals surface area contributed by atoms with Gasteiger partial charge in [0.05, 0.1) is 10.5 Å². The van der Waals surface area contributed by atoms with Crippen molar-refractivity contribution in [1.29, 1.82) is 0 Å². The minimum atomic E-state index is -3.06. The van der Waals surface area contributed by atoms with Crippen LogP contribution in [0, 0.1) is 11.3 Å². The summed E-state index contributed by atoms with van der Waals surface area (Å²) in [6, 6.07) is 0. The molecule has 0 spiro atoms. The smallest absolute Gasteiger partial charge is 0.155 e. The summed E-state index contributed by atoms with van der Waals surface area (Å²) in [7, 11) is -3.06. The largest absolute Gasteiger partial charge is 0.381 e. The van der Waals surface area contributed by atoms with Crippen molar-refractivity contribution in [2.24, 2.45) is 11.3 Å². The molecule has 1 aliphatic rings. The molecule has 0 radical (unpaired) electrons. The van der Waals surface area contributed by atoms with Crippen LogP contribution in [0.3, 0.4) is 0 Å². The summed E-state index contributed by atoms with van der Waals surface area (Å²) >= 11 is 0. The van der Waals surface area contributed by atoms with Gasteiger partial charge >= 0.3 is 0 Å². The van der Waals surface area contributed by atoms with E-state index in [4.69, 9.17) is 4.74 Å². The summed E-state index contributed by atoms with van der Waals surface area (Å²) in [6.07, 6.45) is 1.74. The second-order valence-electron chi connectivity index (χ2n) is 6.60. The fourth-order valence-electron chi connectivity index (χ4n) is 1.85. The molecular weight excluding hydrogens is 236 g/mol. The van der Waals surface area contributed by atoms with Crippen LogP contribution in [0.2, 0.25) is 0 Å². The van der Waals surface area contributed by atoms with Crippen molar-refractivity contribution in [3.63, 3.8) is 0 Å². The normalized spacial score (nSPS) is 23.0. The predicted molar refractivity (Wildman–Crippen MR) is 70.9 cm³/mol. The zero-order valence-corrected chi connectivity index (χ0v) is 12.6. The van der Waals surface area contributed by atoms with Crippen molar-refractivity contribution in [2.75, 3.05) is 19.0 Å². The molecule has 1 aliphatic heterocycles. The van der Waals surface area contributed by atoms with Crippen molar-refractivity contribution < 1.29 is 13.2 Å². The Balaban J connectivity index is 2.67. The molecule has 0 aromatic rings. The van der Waals surface area contributed by atoms with Gasteiger partial charge in [-0.15, -0.1) is 0 Å². The zero-order valence-electron chi connectivity index (χ0n) is 11.7. The number of rotatable bonds is 4. The summed E-state index contributed by atoms with van der Waals surface area (Å²) in [5, 5.41) is 0. The minimum Gasteiger partial charge on any atom is -0.381 e. The van der Waals surface area contributed by atoms with Crippen LogP contribution in [0.25, 0.3) is 0 Å². The monoisotopic (exact) mass is 262 g/mol. The highest BCUT2D eigenvalue weighted by Gasteiger charge is 2.44. The second kappa shape index (κ2) is 4.88. The quantitative estimate of drug-likeness (QED) is 0.782. The molecular formula is C13H26O3S. The lowest BCUT2D eigenvalue weighted by molar-refractivity contribution is 0.185. The summed E-state index contributed by atoms with van der Waals surface area (Å²) in [5.74, 6) is 0.714. The highest BCUT2D eigenvalue weighted by molar-refractivity contribution is 7.92. The van der Waals surface area contributed by atoms with Crippen LogP contribution in [0.1, 0.15) is 47.5 Å². The third kappa shape index (κ3) is 3.22. The summed E-state index contributed by atoms with van der Waals surface area (Å²) in [5.41, 5.74) is -0.238. The van der Waals surface area contributed by atoms with Gasteiger partial charge < -0.3 is 4.74 Å². The SMILES string of the molecule is CC(C)(C)C(C)(C)S(=O)(=O)CC[C@@H]1CCOC1. The maximum absolute atomic E-state index is 12.4. The fraction of sp³-hybridized carbons (Fsp3) is 1.00. The Morgan fingerprint density at radius 1 is 1.18 bits per heavy atom. The fourth-order valence-corrected chi connectivity index (χ4v) is 3.94. The van der Waals surface area contributed by atoms with E-state index in [9.17, 15) is 8.42 Å². The Morgan fingerprint density at radius 2 is 1.76 bits per heavy atom. The van der Waals surface area contributed by atoms with Crippen LogP contribution in [-0.4, -0.2) is 32.1 Å². The van der Waals surface area contributed by atoms with Gasteiger partial charge in [-0.3, -0.25) is 0 Å². The van der Waals surface area contributed by atoms with Gasteiger partial charge in [-0.2, -0.15) is 0 Å². The van der Waals surface area contributed by atoms with Crippen LogP contribution in [0.15, 0.2) is 0 Å². The lowest BCUT2D eigenvalue weighted by Gasteiger charge is -2.38. The Kier molecular flexibility index (Phi) is 4.30. The minimum absolute atomic E-state index is 0.238. The van der Waals surface area contributed by atoms with Gasteiger partial charge in [-0.25, -0.2) is 8.42 Å². The molecule has 1 atom stereocenters. The van der Waals surface area contributed by atoms with Gasteiger partial charge in [0.2, 0.25) is 0 Å². The highest BCUT2D eigenvalue weighted by Crippen LogP contribution is 2.37. The Hall–Kier alpha value is -0.0900. The molecule has 1 rings (SSSR count). The molecule has 0 aromatic carbocycles. The summed E-state index contributed by atoms with van der Waals surface area (Å²) < 4.78 is 29.4. The molecule has 4 heteroatoms. The summed E-state index contributed by atoms with van der Waals surface area (Å²) in [6.45, 7) is 11.2. The van der Waals surface area contributed by atoms with Gasteiger partial charge in [0.15, 0.2) is 9.84 Å². The lowest BCUT2D eigenvalue weighted by Crippen LogP contribution is -2.45. The average Bonchev–Trinajstić information content (AvgIpc) is 2.65. The Labute approximate surface area is 106 Å². The molecule has 0 aromatic heterocycles. The molecule has 102 valence electrons. The van der Waals surface area contributed by atoms with Crippen molar-refractivity contribution >= 4 is 9.84 Å². The second-order valence-corrected chi connectivity index (χ2v) is 9.26. The van der Waals surface area contributed by atoms with E-state index >= 15 is 0 Å².